The van der Waals surface area contributed by atoms with Crippen LogP contribution in [0.15, 0.2) is 29.2 Å². The van der Waals surface area contributed by atoms with Gasteiger partial charge in [0.15, 0.2) is 0 Å². The summed E-state index contributed by atoms with van der Waals surface area (Å²) in [5.74, 6) is 0. The number of rotatable bonds is 4. The fourth-order valence-electron chi connectivity index (χ4n) is 2.17. The number of likely N-dealkylation sites (tertiary alicyclic amines) is 1. The van der Waals surface area contributed by atoms with Gasteiger partial charge < -0.3 is 10.6 Å². The largest absolute Gasteiger partial charge is 0.399 e. The van der Waals surface area contributed by atoms with E-state index in [1.807, 2.05) is 7.05 Å². The van der Waals surface area contributed by atoms with E-state index >= 15 is 0 Å². The molecule has 0 saturated carbocycles. The summed E-state index contributed by atoms with van der Waals surface area (Å²) in [6.45, 7) is 1.50. The molecule has 6 heteroatoms. The standard InChI is InChI=1S/C12H19N3O2S/c1-15-8-2-3-11(15)9-14-18(16,17)12-6-4-10(13)5-7-12/h4-7,11,14H,2-3,8-9,13H2,1H3. The van der Waals surface area contributed by atoms with Gasteiger partial charge in [0.2, 0.25) is 10.0 Å². The fraction of sp³-hybridized carbons (Fsp3) is 0.500. The van der Waals surface area contributed by atoms with E-state index in [0.717, 1.165) is 19.4 Å². The van der Waals surface area contributed by atoms with Crippen LogP contribution in [-0.4, -0.2) is 39.5 Å². The molecule has 0 bridgehead atoms. The zero-order chi connectivity index (χ0) is 13.2. The topological polar surface area (TPSA) is 75.4 Å². The molecule has 100 valence electrons. The molecular weight excluding hydrogens is 250 g/mol. The number of hydrogen-bond acceptors (Lipinski definition) is 4. The van der Waals surface area contributed by atoms with E-state index in [-0.39, 0.29) is 4.90 Å². The van der Waals surface area contributed by atoms with E-state index in [1.165, 1.54) is 12.1 Å². The fourth-order valence-corrected chi connectivity index (χ4v) is 3.25. The minimum absolute atomic E-state index is 0.261. The van der Waals surface area contributed by atoms with Crippen molar-refractivity contribution in [1.82, 2.24) is 9.62 Å². The molecule has 0 amide bonds. The quantitative estimate of drug-likeness (QED) is 0.787. The van der Waals surface area contributed by atoms with Gasteiger partial charge in [-0.25, -0.2) is 13.1 Å². The number of hydrogen-bond donors (Lipinski definition) is 2. The van der Waals surface area contributed by atoms with Gasteiger partial charge in [-0.05, 0) is 50.7 Å². The van der Waals surface area contributed by atoms with Gasteiger partial charge in [-0.2, -0.15) is 0 Å². The molecule has 0 radical (unpaired) electrons. The Bertz CT molecular complexity index is 499. The molecule has 2 rings (SSSR count). The number of nitrogen functional groups attached to an aromatic ring is 1. The molecule has 3 N–H and O–H groups in total. The van der Waals surface area contributed by atoms with Gasteiger partial charge in [0.05, 0.1) is 4.90 Å². The van der Waals surface area contributed by atoms with Gasteiger partial charge in [0, 0.05) is 18.3 Å². The summed E-state index contributed by atoms with van der Waals surface area (Å²) in [7, 11) is -1.40. The lowest BCUT2D eigenvalue weighted by Crippen LogP contribution is -2.38. The van der Waals surface area contributed by atoms with E-state index in [0.29, 0.717) is 18.3 Å². The summed E-state index contributed by atoms with van der Waals surface area (Å²) >= 11 is 0. The second-order valence-electron chi connectivity index (χ2n) is 4.70. The second kappa shape index (κ2) is 5.26. The molecule has 1 aromatic carbocycles. The van der Waals surface area contributed by atoms with Crippen LogP contribution in [0, 0.1) is 0 Å². The number of likely N-dealkylation sites (N-methyl/N-ethyl adjacent to an activating group) is 1. The van der Waals surface area contributed by atoms with Crippen molar-refractivity contribution in [2.24, 2.45) is 0 Å². The predicted octanol–water partition coefficient (Wildman–Crippen LogP) is 0.641. The lowest BCUT2D eigenvalue weighted by Gasteiger charge is -2.19. The number of benzene rings is 1. The maximum atomic E-state index is 12.0. The number of anilines is 1. The molecule has 1 aliphatic rings. The first-order valence-electron chi connectivity index (χ1n) is 6.04. The molecule has 0 aromatic heterocycles. The van der Waals surface area contributed by atoms with Crippen molar-refractivity contribution in [2.75, 3.05) is 25.9 Å². The molecular formula is C12H19N3O2S. The average Bonchev–Trinajstić information content (AvgIpc) is 2.73. The molecule has 5 nitrogen and oxygen atoms in total. The van der Waals surface area contributed by atoms with Crippen molar-refractivity contribution in [3.63, 3.8) is 0 Å². The van der Waals surface area contributed by atoms with Crippen LogP contribution in [0.25, 0.3) is 0 Å². The smallest absolute Gasteiger partial charge is 0.240 e. The molecule has 18 heavy (non-hydrogen) atoms. The van der Waals surface area contributed by atoms with Gasteiger partial charge in [0.25, 0.3) is 0 Å². The van der Waals surface area contributed by atoms with E-state index in [2.05, 4.69) is 9.62 Å². The van der Waals surface area contributed by atoms with Crippen molar-refractivity contribution in [1.29, 1.82) is 0 Å². The summed E-state index contributed by atoms with van der Waals surface area (Å²) in [6.07, 6.45) is 2.17. The van der Waals surface area contributed by atoms with E-state index in [1.54, 1.807) is 12.1 Å². The Labute approximate surface area is 108 Å². The number of nitrogens with one attached hydrogen (secondary N) is 1. The zero-order valence-electron chi connectivity index (χ0n) is 10.5. The van der Waals surface area contributed by atoms with Crippen LogP contribution in [-0.2, 0) is 10.0 Å². The number of sulfonamides is 1. The Balaban J connectivity index is 2.01. The highest BCUT2D eigenvalue weighted by atomic mass is 32.2. The third kappa shape index (κ3) is 3.01. The van der Waals surface area contributed by atoms with Crippen LogP contribution in [0.4, 0.5) is 5.69 Å². The van der Waals surface area contributed by atoms with E-state index in [4.69, 9.17) is 5.73 Å². The van der Waals surface area contributed by atoms with Crippen molar-refractivity contribution in [3.8, 4) is 0 Å². The maximum Gasteiger partial charge on any atom is 0.240 e. The van der Waals surface area contributed by atoms with Crippen LogP contribution in [0.3, 0.4) is 0 Å². The molecule has 0 spiro atoms. The lowest BCUT2D eigenvalue weighted by molar-refractivity contribution is 0.311. The Morgan fingerprint density at radius 2 is 2.06 bits per heavy atom. The Hall–Kier alpha value is -1.11. The van der Waals surface area contributed by atoms with E-state index < -0.39 is 10.0 Å². The summed E-state index contributed by atoms with van der Waals surface area (Å²) in [5.41, 5.74) is 6.10. The minimum atomic E-state index is -3.42. The summed E-state index contributed by atoms with van der Waals surface area (Å²) in [6, 6.07) is 6.53. The third-order valence-electron chi connectivity index (χ3n) is 3.37. The SMILES string of the molecule is CN1CCCC1CNS(=O)(=O)c1ccc(N)cc1. The molecule has 1 atom stereocenters. The van der Waals surface area contributed by atoms with Gasteiger partial charge in [-0.3, -0.25) is 0 Å². The van der Waals surface area contributed by atoms with Gasteiger partial charge in [-0.15, -0.1) is 0 Å². The number of nitrogens with zero attached hydrogens (tertiary/aromatic N) is 1. The van der Waals surface area contributed by atoms with Gasteiger partial charge in [-0.1, -0.05) is 0 Å². The molecule has 1 aliphatic heterocycles. The zero-order valence-corrected chi connectivity index (χ0v) is 11.3. The third-order valence-corrected chi connectivity index (χ3v) is 4.81. The van der Waals surface area contributed by atoms with Crippen LogP contribution >= 0.6 is 0 Å². The minimum Gasteiger partial charge on any atom is -0.399 e. The molecule has 1 saturated heterocycles. The molecule has 1 unspecified atom stereocenters. The van der Waals surface area contributed by atoms with E-state index in [9.17, 15) is 8.42 Å². The maximum absolute atomic E-state index is 12.0. The van der Waals surface area contributed by atoms with Gasteiger partial charge in [0.1, 0.15) is 0 Å². The second-order valence-corrected chi connectivity index (χ2v) is 6.46. The Kier molecular flexibility index (Phi) is 3.89. The summed E-state index contributed by atoms with van der Waals surface area (Å²) in [4.78, 5) is 2.45. The van der Waals surface area contributed by atoms with Crippen molar-refractivity contribution in [2.45, 2.75) is 23.8 Å². The van der Waals surface area contributed by atoms with Crippen LogP contribution in [0.5, 0.6) is 0 Å². The normalized spacial score (nSPS) is 21.3. The van der Waals surface area contributed by atoms with Crippen molar-refractivity contribution >= 4 is 15.7 Å². The van der Waals surface area contributed by atoms with Gasteiger partial charge >= 0.3 is 0 Å². The summed E-state index contributed by atoms with van der Waals surface area (Å²) < 4.78 is 26.7. The summed E-state index contributed by atoms with van der Waals surface area (Å²) in [5, 5.41) is 0. The highest BCUT2D eigenvalue weighted by Gasteiger charge is 2.23. The van der Waals surface area contributed by atoms with Crippen molar-refractivity contribution < 1.29 is 8.42 Å². The number of nitrogens with two attached hydrogens (primary N) is 1. The first-order valence-corrected chi connectivity index (χ1v) is 7.53. The molecule has 1 heterocycles. The van der Waals surface area contributed by atoms with Crippen LogP contribution in [0.1, 0.15) is 12.8 Å². The molecule has 0 aliphatic carbocycles. The van der Waals surface area contributed by atoms with Crippen LogP contribution < -0.4 is 10.5 Å². The first kappa shape index (κ1) is 13.3. The first-order chi connectivity index (χ1) is 8.49. The highest BCUT2D eigenvalue weighted by Crippen LogP contribution is 2.15. The lowest BCUT2D eigenvalue weighted by atomic mass is 10.2. The Morgan fingerprint density at radius 3 is 2.61 bits per heavy atom. The predicted molar refractivity (Wildman–Crippen MR) is 71.7 cm³/mol. The molecule has 1 aromatic rings. The molecule has 1 fully saturated rings. The monoisotopic (exact) mass is 269 g/mol. The Morgan fingerprint density at radius 1 is 1.39 bits per heavy atom. The van der Waals surface area contributed by atoms with Crippen LogP contribution in [0.2, 0.25) is 0 Å². The average molecular weight is 269 g/mol. The van der Waals surface area contributed by atoms with Crippen molar-refractivity contribution in [3.05, 3.63) is 24.3 Å². The highest BCUT2D eigenvalue weighted by molar-refractivity contribution is 7.89.